The van der Waals surface area contributed by atoms with Crippen molar-refractivity contribution >= 4 is 21.6 Å². The number of amides is 1. The Kier molecular flexibility index (Phi) is 4.70. The molecule has 1 saturated heterocycles. The first-order valence-corrected chi connectivity index (χ1v) is 9.30. The summed E-state index contributed by atoms with van der Waals surface area (Å²) in [4.78, 5) is 24.3. The summed E-state index contributed by atoms with van der Waals surface area (Å²) in [6, 6.07) is 4.94. The van der Waals surface area contributed by atoms with Gasteiger partial charge in [-0.05, 0) is 18.1 Å². The van der Waals surface area contributed by atoms with Gasteiger partial charge in [-0.3, -0.25) is 9.78 Å². The molecule has 2 aromatic rings. The first-order chi connectivity index (χ1) is 11.5. The van der Waals surface area contributed by atoms with Gasteiger partial charge < -0.3 is 10.6 Å². The molecule has 0 aliphatic carbocycles. The SMILES string of the molecule is O=C(NC1CCS(=O)(=O)C1)c1cc(NCc2cccnc2)ncn1. The van der Waals surface area contributed by atoms with Crippen molar-refractivity contribution in [3.63, 3.8) is 0 Å². The van der Waals surface area contributed by atoms with Crippen molar-refractivity contribution in [2.45, 2.75) is 19.0 Å². The van der Waals surface area contributed by atoms with Crippen LogP contribution in [0.25, 0.3) is 0 Å². The van der Waals surface area contributed by atoms with E-state index in [1.807, 2.05) is 12.1 Å². The van der Waals surface area contributed by atoms with Gasteiger partial charge in [0.25, 0.3) is 5.91 Å². The van der Waals surface area contributed by atoms with Crippen LogP contribution >= 0.6 is 0 Å². The maximum absolute atomic E-state index is 12.2. The molecule has 3 rings (SSSR count). The second kappa shape index (κ2) is 6.91. The summed E-state index contributed by atoms with van der Waals surface area (Å²) in [5.74, 6) is 0.206. The Hall–Kier alpha value is -2.55. The molecule has 24 heavy (non-hydrogen) atoms. The molecule has 0 bridgehead atoms. The first kappa shape index (κ1) is 16.3. The van der Waals surface area contributed by atoms with Gasteiger partial charge in [0.05, 0.1) is 11.5 Å². The van der Waals surface area contributed by atoms with Gasteiger partial charge in [-0.1, -0.05) is 6.07 Å². The van der Waals surface area contributed by atoms with Gasteiger partial charge in [0.2, 0.25) is 0 Å². The van der Waals surface area contributed by atoms with Crippen molar-refractivity contribution < 1.29 is 13.2 Å². The van der Waals surface area contributed by atoms with Crippen molar-refractivity contribution in [3.8, 4) is 0 Å². The lowest BCUT2D eigenvalue weighted by Crippen LogP contribution is -2.36. The molecule has 1 fully saturated rings. The number of sulfone groups is 1. The molecule has 1 aliphatic rings. The van der Waals surface area contributed by atoms with Crippen LogP contribution in [0.1, 0.15) is 22.5 Å². The second-order valence-corrected chi connectivity index (χ2v) is 7.81. The zero-order valence-electron chi connectivity index (χ0n) is 12.8. The van der Waals surface area contributed by atoms with Crippen LogP contribution in [0.5, 0.6) is 0 Å². The van der Waals surface area contributed by atoms with E-state index >= 15 is 0 Å². The quantitative estimate of drug-likeness (QED) is 0.804. The highest BCUT2D eigenvalue weighted by molar-refractivity contribution is 7.91. The van der Waals surface area contributed by atoms with Crippen molar-refractivity contribution in [3.05, 3.63) is 48.2 Å². The largest absolute Gasteiger partial charge is 0.366 e. The summed E-state index contributed by atoms with van der Waals surface area (Å²) in [6.45, 7) is 0.521. The van der Waals surface area contributed by atoms with Crippen LogP contribution in [0.2, 0.25) is 0 Å². The lowest BCUT2D eigenvalue weighted by molar-refractivity contribution is 0.0936. The summed E-state index contributed by atoms with van der Waals surface area (Å²) < 4.78 is 22.9. The fourth-order valence-corrected chi connectivity index (χ4v) is 4.12. The van der Waals surface area contributed by atoms with E-state index in [-0.39, 0.29) is 23.2 Å². The Morgan fingerprint density at radius 3 is 2.92 bits per heavy atom. The van der Waals surface area contributed by atoms with Crippen LogP contribution in [0.3, 0.4) is 0 Å². The van der Waals surface area contributed by atoms with Crippen LogP contribution in [-0.2, 0) is 16.4 Å². The van der Waals surface area contributed by atoms with Gasteiger partial charge in [-0.2, -0.15) is 0 Å². The van der Waals surface area contributed by atoms with Gasteiger partial charge in [0.15, 0.2) is 9.84 Å². The number of rotatable bonds is 5. The summed E-state index contributed by atoms with van der Waals surface area (Å²) in [7, 11) is -3.04. The third-order valence-corrected chi connectivity index (χ3v) is 5.43. The van der Waals surface area contributed by atoms with Gasteiger partial charge in [0, 0.05) is 31.0 Å². The van der Waals surface area contributed by atoms with Crippen molar-refractivity contribution in [2.24, 2.45) is 0 Å². The molecule has 1 atom stereocenters. The Bertz CT molecular complexity index is 826. The molecule has 1 aliphatic heterocycles. The van der Waals surface area contributed by atoms with Crippen LogP contribution in [-0.4, -0.2) is 46.8 Å². The van der Waals surface area contributed by atoms with E-state index in [0.29, 0.717) is 18.8 Å². The lowest BCUT2D eigenvalue weighted by atomic mass is 10.2. The lowest BCUT2D eigenvalue weighted by Gasteiger charge is -2.11. The van der Waals surface area contributed by atoms with Crippen LogP contribution < -0.4 is 10.6 Å². The molecule has 0 saturated carbocycles. The van der Waals surface area contributed by atoms with E-state index in [4.69, 9.17) is 0 Å². The maximum Gasteiger partial charge on any atom is 0.270 e. The van der Waals surface area contributed by atoms with Gasteiger partial charge in [-0.25, -0.2) is 18.4 Å². The third kappa shape index (κ3) is 4.25. The summed E-state index contributed by atoms with van der Waals surface area (Å²) >= 11 is 0. The van der Waals surface area contributed by atoms with E-state index in [0.717, 1.165) is 5.56 Å². The minimum absolute atomic E-state index is 0.0179. The highest BCUT2D eigenvalue weighted by Crippen LogP contribution is 2.12. The monoisotopic (exact) mass is 347 g/mol. The Morgan fingerprint density at radius 1 is 1.33 bits per heavy atom. The van der Waals surface area contributed by atoms with Crippen LogP contribution in [0, 0.1) is 0 Å². The zero-order chi connectivity index (χ0) is 17.0. The predicted molar refractivity (Wildman–Crippen MR) is 88.1 cm³/mol. The number of carbonyl (C=O) groups excluding carboxylic acids is 1. The predicted octanol–water partition coefficient (Wildman–Crippen LogP) is 0.401. The fourth-order valence-electron chi connectivity index (χ4n) is 2.44. The van der Waals surface area contributed by atoms with Gasteiger partial charge >= 0.3 is 0 Å². The smallest absolute Gasteiger partial charge is 0.270 e. The number of anilines is 1. The Balaban J connectivity index is 1.61. The molecular formula is C15H17N5O3S. The maximum atomic E-state index is 12.2. The number of pyridine rings is 1. The van der Waals surface area contributed by atoms with Gasteiger partial charge in [-0.15, -0.1) is 0 Å². The highest BCUT2D eigenvalue weighted by Gasteiger charge is 2.29. The summed E-state index contributed by atoms with van der Waals surface area (Å²) in [5.41, 5.74) is 1.18. The topological polar surface area (TPSA) is 114 Å². The molecule has 1 amide bonds. The first-order valence-electron chi connectivity index (χ1n) is 7.48. The van der Waals surface area contributed by atoms with Gasteiger partial charge in [0.1, 0.15) is 17.8 Å². The molecule has 2 N–H and O–H groups in total. The number of hydrogen-bond donors (Lipinski definition) is 2. The van der Waals surface area contributed by atoms with Crippen molar-refractivity contribution in [1.29, 1.82) is 0 Å². The number of carbonyl (C=O) groups is 1. The van der Waals surface area contributed by atoms with E-state index in [9.17, 15) is 13.2 Å². The minimum atomic E-state index is -3.04. The number of nitrogens with zero attached hydrogens (tertiary/aromatic N) is 3. The highest BCUT2D eigenvalue weighted by atomic mass is 32.2. The van der Waals surface area contributed by atoms with Crippen molar-refractivity contribution in [2.75, 3.05) is 16.8 Å². The second-order valence-electron chi connectivity index (χ2n) is 5.58. The normalized spacial score (nSPS) is 18.9. The number of nitrogens with one attached hydrogen (secondary N) is 2. The standard InChI is InChI=1S/C15H17N5O3S/c21-15(20-12-3-5-24(22,23)9-12)13-6-14(19-10-18-13)17-8-11-2-1-4-16-7-11/h1-2,4,6-7,10,12H,3,5,8-9H2,(H,20,21)(H,17,18,19). The third-order valence-electron chi connectivity index (χ3n) is 3.66. The van der Waals surface area contributed by atoms with E-state index in [1.165, 1.54) is 12.4 Å². The van der Waals surface area contributed by atoms with E-state index in [2.05, 4.69) is 25.6 Å². The minimum Gasteiger partial charge on any atom is -0.366 e. The molecule has 2 aromatic heterocycles. The molecule has 0 spiro atoms. The molecule has 1 unspecified atom stereocenters. The zero-order valence-corrected chi connectivity index (χ0v) is 13.7. The molecule has 8 nitrogen and oxygen atoms in total. The molecule has 0 radical (unpaired) electrons. The summed E-state index contributed by atoms with van der Waals surface area (Å²) in [6.07, 6.45) is 5.17. The van der Waals surface area contributed by atoms with Crippen LogP contribution in [0.4, 0.5) is 5.82 Å². The molecule has 126 valence electrons. The fraction of sp³-hybridized carbons (Fsp3) is 0.333. The average molecular weight is 347 g/mol. The molecule has 3 heterocycles. The van der Waals surface area contributed by atoms with E-state index in [1.54, 1.807) is 12.4 Å². The average Bonchev–Trinajstić information content (AvgIpc) is 2.93. The van der Waals surface area contributed by atoms with Crippen molar-refractivity contribution in [1.82, 2.24) is 20.3 Å². The van der Waals surface area contributed by atoms with Crippen LogP contribution in [0.15, 0.2) is 36.9 Å². The summed E-state index contributed by atoms with van der Waals surface area (Å²) in [5, 5.41) is 5.80. The van der Waals surface area contributed by atoms with E-state index < -0.39 is 15.7 Å². The molecular weight excluding hydrogens is 330 g/mol. The Labute approximate surface area is 139 Å². The molecule has 9 heteroatoms. The Morgan fingerprint density at radius 2 is 2.21 bits per heavy atom. The number of hydrogen-bond acceptors (Lipinski definition) is 7. The molecule has 0 aromatic carbocycles. The number of aromatic nitrogens is 3.